The Bertz CT molecular complexity index is 392. The summed E-state index contributed by atoms with van der Waals surface area (Å²) >= 11 is 0. The van der Waals surface area contributed by atoms with Crippen molar-refractivity contribution < 1.29 is 22.3 Å². The fraction of sp³-hybridized carbons (Fsp3) is 0.500. The lowest BCUT2D eigenvalue weighted by molar-refractivity contribution is -0.140. The summed E-state index contributed by atoms with van der Waals surface area (Å²) in [5.41, 5.74) is 4.14. The maximum Gasteiger partial charge on any atom is 0.419 e. The number of halogens is 4. The molecule has 18 heavy (non-hydrogen) atoms. The first kappa shape index (κ1) is 14.9. The van der Waals surface area contributed by atoms with Gasteiger partial charge in [-0.05, 0) is 12.5 Å². The Morgan fingerprint density at radius 3 is 2.56 bits per heavy atom. The first-order valence-electron chi connectivity index (χ1n) is 5.56. The molecule has 0 fully saturated rings. The van der Waals surface area contributed by atoms with E-state index in [1.54, 1.807) is 0 Å². The van der Waals surface area contributed by atoms with Crippen molar-refractivity contribution in [1.29, 1.82) is 0 Å². The van der Waals surface area contributed by atoms with Crippen LogP contribution in [0.4, 0.5) is 17.6 Å². The summed E-state index contributed by atoms with van der Waals surface area (Å²) in [4.78, 5) is 0. The normalized spacial score (nSPS) is 13.7. The molecule has 1 unspecified atom stereocenters. The lowest BCUT2D eigenvalue weighted by Crippen LogP contribution is -2.20. The SMILES string of the molecule is CCCOCC(N)c1cccc(C(F)(F)F)c1F. The van der Waals surface area contributed by atoms with Crippen LogP contribution in [0.15, 0.2) is 18.2 Å². The zero-order chi connectivity index (χ0) is 13.8. The van der Waals surface area contributed by atoms with Crippen molar-refractivity contribution >= 4 is 0 Å². The molecule has 0 saturated heterocycles. The molecule has 0 aromatic heterocycles. The van der Waals surface area contributed by atoms with Crippen molar-refractivity contribution in [2.24, 2.45) is 5.73 Å². The van der Waals surface area contributed by atoms with Gasteiger partial charge in [0, 0.05) is 12.2 Å². The van der Waals surface area contributed by atoms with Gasteiger partial charge in [0.25, 0.3) is 0 Å². The largest absolute Gasteiger partial charge is 0.419 e. The minimum Gasteiger partial charge on any atom is -0.379 e. The van der Waals surface area contributed by atoms with Gasteiger partial charge in [-0.1, -0.05) is 19.1 Å². The Morgan fingerprint density at radius 2 is 2.00 bits per heavy atom. The molecule has 0 bridgehead atoms. The number of nitrogens with two attached hydrogens (primary N) is 1. The smallest absolute Gasteiger partial charge is 0.379 e. The van der Waals surface area contributed by atoms with E-state index in [2.05, 4.69) is 0 Å². The Morgan fingerprint density at radius 1 is 1.33 bits per heavy atom. The lowest BCUT2D eigenvalue weighted by Gasteiger charge is -2.16. The zero-order valence-corrected chi connectivity index (χ0v) is 9.93. The van der Waals surface area contributed by atoms with E-state index in [0.717, 1.165) is 12.5 Å². The topological polar surface area (TPSA) is 35.2 Å². The highest BCUT2D eigenvalue weighted by Crippen LogP contribution is 2.33. The molecule has 1 atom stereocenters. The molecule has 0 radical (unpaired) electrons. The summed E-state index contributed by atoms with van der Waals surface area (Å²) in [6.45, 7) is 2.32. The van der Waals surface area contributed by atoms with Crippen LogP contribution in [-0.2, 0) is 10.9 Å². The van der Waals surface area contributed by atoms with Crippen molar-refractivity contribution in [3.8, 4) is 0 Å². The monoisotopic (exact) mass is 265 g/mol. The first-order valence-corrected chi connectivity index (χ1v) is 5.56. The van der Waals surface area contributed by atoms with Gasteiger partial charge in [0.15, 0.2) is 0 Å². The molecule has 1 aromatic carbocycles. The Kier molecular flexibility index (Phi) is 5.10. The fourth-order valence-corrected chi connectivity index (χ4v) is 1.50. The number of ether oxygens (including phenoxy) is 1. The Balaban J connectivity index is 2.90. The fourth-order valence-electron chi connectivity index (χ4n) is 1.50. The minimum atomic E-state index is -4.72. The van der Waals surface area contributed by atoms with Crippen LogP contribution in [0.3, 0.4) is 0 Å². The molecule has 0 aliphatic heterocycles. The molecule has 0 saturated carbocycles. The Labute approximate surface area is 103 Å². The number of rotatable bonds is 5. The van der Waals surface area contributed by atoms with E-state index in [9.17, 15) is 17.6 Å². The summed E-state index contributed by atoms with van der Waals surface area (Å²) in [6, 6.07) is 2.17. The maximum atomic E-state index is 13.7. The molecule has 1 rings (SSSR count). The van der Waals surface area contributed by atoms with Gasteiger partial charge in [0.05, 0.1) is 18.2 Å². The number of hydrogen-bond donors (Lipinski definition) is 1. The van der Waals surface area contributed by atoms with E-state index in [1.807, 2.05) is 6.92 Å². The van der Waals surface area contributed by atoms with E-state index >= 15 is 0 Å². The van der Waals surface area contributed by atoms with Gasteiger partial charge in [-0.3, -0.25) is 0 Å². The highest BCUT2D eigenvalue weighted by molar-refractivity contribution is 5.30. The molecule has 0 aliphatic rings. The molecular formula is C12H15F4NO. The van der Waals surface area contributed by atoms with Crippen LogP contribution >= 0.6 is 0 Å². The van der Waals surface area contributed by atoms with Crippen LogP contribution < -0.4 is 5.73 Å². The van der Waals surface area contributed by atoms with Crippen molar-refractivity contribution in [3.63, 3.8) is 0 Å². The van der Waals surface area contributed by atoms with E-state index in [1.165, 1.54) is 6.07 Å². The van der Waals surface area contributed by atoms with Gasteiger partial charge < -0.3 is 10.5 Å². The van der Waals surface area contributed by atoms with Crippen molar-refractivity contribution in [2.45, 2.75) is 25.6 Å². The summed E-state index contributed by atoms with van der Waals surface area (Å²) in [7, 11) is 0. The molecule has 0 spiro atoms. The average molecular weight is 265 g/mol. The molecule has 6 heteroatoms. The van der Waals surface area contributed by atoms with Crippen LogP contribution in [0, 0.1) is 5.82 Å². The third-order valence-corrected chi connectivity index (χ3v) is 2.38. The molecule has 2 nitrogen and oxygen atoms in total. The molecule has 0 aliphatic carbocycles. The van der Waals surface area contributed by atoms with Crippen LogP contribution in [0.2, 0.25) is 0 Å². The molecule has 2 N–H and O–H groups in total. The summed E-state index contributed by atoms with van der Waals surface area (Å²) in [6.07, 6.45) is -3.96. The van der Waals surface area contributed by atoms with E-state index in [-0.39, 0.29) is 12.2 Å². The number of hydrogen-bond acceptors (Lipinski definition) is 2. The Hall–Kier alpha value is -1.14. The standard InChI is InChI=1S/C12H15F4NO/c1-2-6-18-7-10(17)8-4-3-5-9(11(8)13)12(14,15)16/h3-5,10H,2,6-7,17H2,1H3. The van der Waals surface area contributed by atoms with Gasteiger partial charge in [-0.15, -0.1) is 0 Å². The number of alkyl halides is 3. The average Bonchev–Trinajstić information content (AvgIpc) is 2.28. The van der Waals surface area contributed by atoms with Gasteiger partial charge in [0.2, 0.25) is 0 Å². The second-order valence-corrected chi connectivity index (χ2v) is 3.89. The van der Waals surface area contributed by atoms with Crippen LogP contribution in [-0.4, -0.2) is 13.2 Å². The second kappa shape index (κ2) is 6.15. The van der Waals surface area contributed by atoms with Gasteiger partial charge in [-0.2, -0.15) is 13.2 Å². The molecule has 102 valence electrons. The van der Waals surface area contributed by atoms with E-state index in [4.69, 9.17) is 10.5 Å². The third kappa shape index (κ3) is 3.68. The highest BCUT2D eigenvalue weighted by Gasteiger charge is 2.35. The zero-order valence-electron chi connectivity index (χ0n) is 9.93. The van der Waals surface area contributed by atoms with Crippen molar-refractivity contribution in [3.05, 3.63) is 35.1 Å². The highest BCUT2D eigenvalue weighted by atomic mass is 19.4. The molecule has 0 amide bonds. The van der Waals surface area contributed by atoms with Crippen LogP contribution in [0.1, 0.15) is 30.5 Å². The lowest BCUT2D eigenvalue weighted by atomic mass is 10.0. The van der Waals surface area contributed by atoms with Crippen molar-refractivity contribution in [1.82, 2.24) is 0 Å². The molecule has 1 aromatic rings. The van der Waals surface area contributed by atoms with E-state index < -0.39 is 23.6 Å². The van der Waals surface area contributed by atoms with Crippen LogP contribution in [0.5, 0.6) is 0 Å². The minimum absolute atomic E-state index is 0.00787. The maximum absolute atomic E-state index is 13.7. The summed E-state index contributed by atoms with van der Waals surface area (Å²) < 4.78 is 56.2. The quantitative estimate of drug-likeness (QED) is 0.655. The van der Waals surface area contributed by atoms with Gasteiger partial charge >= 0.3 is 6.18 Å². The number of benzene rings is 1. The predicted octanol–water partition coefficient (Wildman–Crippen LogP) is 3.27. The molecular weight excluding hydrogens is 250 g/mol. The summed E-state index contributed by atoms with van der Waals surface area (Å²) in [5, 5.41) is 0. The second-order valence-electron chi connectivity index (χ2n) is 3.89. The third-order valence-electron chi connectivity index (χ3n) is 2.38. The van der Waals surface area contributed by atoms with Gasteiger partial charge in [-0.25, -0.2) is 4.39 Å². The molecule has 0 heterocycles. The predicted molar refractivity (Wildman–Crippen MR) is 59.4 cm³/mol. The van der Waals surface area contributed by atoms with Crippen molar-refractivity contribution in [2.75, 3.05) is 13.2 Å². The van der Waals surface area contributed by atoms with Gasteiger partial charge in [0.1, 0.15) is 5.82 Å². The summed E-state index contributed by atoms with van der Waals surface area (Å²) in [5.74, 6) is -1.32. The first-order chi connectivity index (χ1) is 8.38. The van der Waals surface area contributed by atoms with Crippen LogP contribution in [0.25, 0.3) is 0 Å². The van der Waals surface area contributed by atoms with E-state index in [0.29, 0.717) is 12.7 Å².